The molecule has 6 heteroatoms. The number of ether oxygens (including phenoxy) is 1. The first-order valence-corrected chi connectivity index (χ1v) is 8.79. The lowest BCUT2D eigenvalue weighted by molar-refractivity contribution is -0.140. The fraction of sp³-hybridized carbons (Fsp3) is 0.526. The van der Waals surface area contributed by atoms with Gasteiger partial charge in [-0.1, -0.05) is 18.2 Å². The van der Waals surface area contributed by atoms with Crippen LogP contribution >= 0.6 is 0 Å². The maximum Gasteiger partial charge on any atom is 0.223 e. The van der Waals surface area contributed by atoms with E-state index in [1.165, 1.54) is 6.92 Å². The van der Waals surface area contributed by atoms with E-state index in [0.29, 0.717) is 52.0 Å². The Labute approximate surface area is 148 Å². The van der Waals surface area contributed by atoms with Gasteiger partial charge in [0.25, 0.3) is 0 Å². The van der Waals surface area contributed by atoms with Crippen LogP contribution in [0, 0.1) is 0 Å². The number of piperazine rings is 1. The van der Waals surface area contributed by atoms with E-state index >= 15 is 0 Å². The lowest BCUT2D eigenvalue weighted by Crippen LogP contribution is -2.50. The average molecular weight is 346 g/mol. The Morgan fingerprint density at radius 2 is 1.44 bits per heavy atom. The van der Waals surface area contributed by atoms with Crippen molar-refractivity contribution in [3.63, 3.8) is 0 Å². The van der Waals surface area contributed by atoms with Gasteiger partial charge in [0.15, 0.2) is 0 Å². The van der Waals surface area contributed by atoms with Crippen LogP contribution in [0.5, 0.6) is 5.75 Å². The molecule has 0 aliphatic carbocycles. The molecule has 1 aliphatic heterocycles. The van der Waals surface area contributed by atoms with Crippen molar-refractivity contribution in [3.8, 4) is 5.75 Å². The highest BCUT2D eigenvalue weighted by Gasteiger charge is 2.23. The summed E-state index contributed by atoms with van der Waals surface area (Å²) in [5.41, 5.74) is 0. The Kier molecular flexibility index (Phi) is 7.44. The molecule has 1 aliphatic rings. The molecule has 25 heavy (non-hydrogen) atoms. The van der Waals surface area contributed by atoms with Gasteiger partial charge in [0, 0.05) is 45.4 Å². The van der Waals surface area contributed by atoms with E-state index in [9.17, 15) is 14.4 Å². The molecule has 0 saturated carbocycles. The number of hydrogen-bond acceptors (Lipinski definition) is 4. The molecule has 1 heterocycles. The quantitative estimate of drug-likeness (QED) is 0.674. The van der Waals surface area contributed by atoms with E-state index in [2.05, 4.69) is 0 Å². The Morgan fingerprint density at radius 1 is 0.880 bits per heavy atom. The number of nitrogens with zero attached hydrogens (tertiary/aromatic N) is 2. The van der Waals surface area contributed by atoms with Gasteiger partial charge in [-0.2, -0.15) is 0 Å². The van der Waals surface area contributed by atoms with Crippen molar-refractivity contribution in [2.75, 3.05) is 32.8 Å². The Bertz CT molecular complexity index is 580. The first-order valence-electron chi connectivity index (χ1n) is 8.79. The van der Waals surface area contributed by atoms with Gasteiger partial charge in [0.2, 0.25) is 11.8 Å². The predicted octanol–water partition coefficient (Wildman–Crippen LogP) is 1.89. The van der Waals surface area contributed by atoms with Gasteiger partial charge in [-0.3, -0.25) is 9.59 Å². The zero-order valence-corrected chi connectivity index (χ0v) is 14.8. The van der Waals surface area contributed by atoms with Crippen molar-refractivity contribution in [2.45, 2.75) is 32.6 Å². The van der Waals surface area contributed by atoms with E-state index < -0.39 is 0 Å². The van der Waals surface area contributed by atoms with Crippen LogP contribution in [0.3, 0.4) is 0 Å². The molecule has 0 N–H and O–H groups in total. The zero-order valence-electron chi connectivity index (χ0n) is 14.8. The Hall–Kier alpha value is -2.37. The van der Waals surface area contributed by atoms with Gasteiger partial charge in [-0.15, -0.1) is 0 Å². The van der Waals surface area contributed by atoms with Crippen molar-refractivity contribution in [1.29, 1.82) is 0 Å². The first-order chi connectivity index (χ1) is 12.1. The van der Waals surface area contributed by atoms with Gasteiger partial charge in [-0.05, 0) is 25.5 Å². The second-order valence-corrected chi connectivity index (χ2v) is 6.23. The smallest absolute Gasteiger partial charge is 0.223 e. The van der Waals surface area contributed by atoms with E-state index in [-0.39, 0.29) is 24.0 Å². The monoisotopic (exact) mass is 346 g/mol. The third-order valence-electron chi connectivity index (χ3n) is 4.22. The van der Waals surface area contributed by atoms with E-state index in [4.69, 9.17) is 4.74 Å². The van der Waals surface area contributed by atoms with Crippen molar-refractivity contribution in [1.82, 2.24) is 9.80 Å². The van der Waals surface area contributed by atoms with E-state index in [0.717, 1.165) is 5.75 Å². The van der Waals surface area contributed by atoms with Crippen LogP contribution in [0.4, 0.5) is 0 Å². The number of carbonyl (C=O) groups is 3. The summed E-state index contributed by atoms with van der Waals surface area (Å²) in [6, 6.07) is 9.55. The molecule has 1 saturated heterocycles. The molecule has 0 unspecified atom stereocenters. The molecule has 0 atom stereocenters. The minimum Gasteiger partial charge on any atom is -0.494 e. The average Bonchev–Trinajstić information content (AvgIpc) is 2.64. The Balaban J connectivity index is 1.62. The number of ketones is 1. The maximum absolute atomic E-state index is 12.2. The lowest BCUT2D eigenvalue weighted by Gasteiger charge is -2.35. The van der Waals surface area contributed by atoms with Crippen molar-refractivity contribution in [2.24, 2.45) is 0 Å². The molecular weight excluding hydrogens is 320 g/mol. The number of hydrogen-bond donors (Lipinski definition) is 0. The number of carbonyl (C=O) groups excluding carboxylic acids is 3. The zero-order chi connectivity index (χ0) is 18.1. The summed E-state index contributed by atoms with van der Waals surface area (Å²) in [5.74, 6) is 0.943. The summed E-state index contributed by atoms with van der Waals surface area (Å²) in [6.45, 7) is 4.21. The molecule has 1 aromatic rings. The van der Waals surface area contributed by atoms with Gasteiger partial charge in [0.1, 0.15) is 11.5 Å². The van der Waals surface area contributed by atoms with Crippen LogP contribution in [0.2, 0.25) is 0 Å². The minimum absolute atomic E-state index is 0.00133. The summed E-state index contributed by atoms with van der Waals surface area (Å²) in [7, 11) is 0. The highest BCUT2D eigenvalue weighted by Crippen LogP contribution is 2.10. The fourth-order valence-electron chi connectivity index (χ4n) is 2.73. The topological polar surface area (TPSA) is 66.9 Å². The largest absolute Gasteiger partial charge is 0.494 e. The van der Waals surface area contributed by atoms with Gasteiger partial charge >= 0.3 is 0 Å². The van der Waals surface area contributed by atoms with Crippen molar-refractivity contribution < 1.29 is 19.1 Å². The van der Waals surface area contributed by atoms with Crippen LogP contribution in [-0.4, -0.2) is 60.2 Å². The normalized spacial score (nSPS) is 14.3. The van der Waals surface area contributed by atoms with Crippen LogP contribution in [0.1, 0.15) is 32.6 Å². The molecule has 0 radical (unpaired) electrons. The second kappa shape index (κ2) is 9.81. The van der Waals surface area contributed by atoms with Crippen LogP contribution in [-0.2, 0) is 14.4 Å². The molecule has 1 fully saturated rings. The predicted molar refractivity (Wildman–Crippen MR) is 94.2 cm³/mol. The molecule has 2 amide bonds. The molecule has 0 aromatic heterocycles. The molecule has 0 bridgehead atoms. The number of rotatable bonds is 8. The number of benzene rings is 1. The SMILES string of the molecule is CC(=O)CCC(=O)N1CCN(C(=O)CCCOc2ccccc2)CC1. The lowest BCUT2D eigenvalue weighted by atomic mass is 10.2. The van der Waals surface area contributed by atoms with Crippen LogP contribution < -0.4 is 4.74 Å². The third-order valence-corrected chi connectivity index (χ3v) is 4.22. The second-order valence-electron chi connectivity index (χ2n) is 6.23. The maximum atomic E-state index is 12.2. The van der Waals surface area contributed by atoms with E-state index in [1.54, 1.807) is 9.80 Å². The standard InChI is InChI=1S/C19H26N2O4/c1-16(22)9-10-19(24)21-13-11-20(12-14-21)18(23)8-5-15-25-17-6-3-2-4-7-17/h2-4,6-7H,5,8-15H2,1H3. The molecule has 0 spiro atoms. The van der Waals surface area contributed by atoms with Crippen molar-refractivity contribution in [3.05, 3.63) is 30.3 Å². The number of para-hydroxylation sites is 1. The number of amides is 2. The summed E-state index contributed by atoms with van der Waals surface area (Å²) >= 11 is 0. The van der Waals surface area contributed by atoms with Gasteiger partial charge in [-0.25, -0.2) is 0 Å². The Morgan fingerprint density at radius 3 is 2.00 bits per heavy atom. The van der Waals surface area contributed by atoms with E-state index in [1.807, 2.05) is 30.3 Å². The molecule has 2 rings (SSSR count). The van der Waals surface area contributed by atoms with Gasteiger partial charge in [0.05, 0.1) is 6.61 Å². The highest BCUT2D eigenvalue weighted by atomic mass is 16.5. The molecule has 136 valence electrons. The molecule has 6 nitrogen and oxygen atoms in total. The third kappa shape index (κ3) is 6.57. The number of Topliss-reactive ketones (excluding diaryl/α,β-unsaturated/α-hetero) is 1. The summed E-state index contributed by atoms with van der Waals surface area (Å²) in [6.07, 6.45) is 1.68. The molecule has 1 aromatic carbocycles. The summed E-state index contributed by atoms with van der Waals surface area (Å²) < 4.78 is 5.59. The first kappa shape index (κ1) is 19.0. The van der Waals surface area contributed by atoms with Crippen LogP contribution in [0.25, 0.3) is 0 Å². The molecular formula is C19H26N2O4. The minimum atomic E-state index is -0.00133. The fourth-order valence-corrected chi connectivity index (χ4v) is 2.73. The van der Waals surface area contributed by atoms with Gasteiger partial charge < -0.3 is 19.3 Å². The van der Waals surface area contributed by atoms with Crippen LogP contribution in [0.15, 0.2) is 30.3 Å². The summed E-state index contributed by atoms with van der Waals surface area (Å²) in [4.78, 5) is 38.7. The highest BCUT2D eigenvalue weighted by molar-refractivity contribution is 5.84. The van der Waals surface area contributed by atoms with Crippen molar-refractivity contribution >= 4 is 17.6 Å². The summed E-state index contributed by atoms with van der Waals surface area (Å²) in [5, 5.41) is 0.